The lowest BCUT2D eigenvalue weighted by Gasteiger charge is -2.09. The number of halogens is 2. The van der Waals surface area contributed by atoms with E-state index in [2.05, 4.69) is 50.5 Å². The maximum Gasteiger partial charge on any atom is 0.189 e. The Hall–Kier alpha value is -1.48. The zero-order valence-electron chi connectivity index (χ0n) is 14.7. The molecule has 0 amide bonds. The molecule has 0 bridgehead atoms. The number of hydrogen-bond donors (Lipinski definition) is 2. The van der Waals surface area contributed by atoms with Gasteiger partial charge in [0.2, 0.25) is 0 Å². The Kier molecular flexibility index (Phi) is 7.57. The Labute approximate surface area is 179 Å². The Bertz CT molecular complexity index is 768. The summed E-state index contributed by atoms with van der Waals surface area (Å²) in [5.41, 5.74) is 8.37. The molecular weight excluding hydrogens is 509 g/mol. The molecular formula is C19H23BrIN3O2. The van der Waals surface area contributed by atoms with Crippen molar-refractivity contribution in [1.29, 1.82) is 0 Å². The molecule has 5 nitrogen and oxygen atoms in total. The Morgan fingerprint density at radius 3 is 2.50 bits per heavy atom. The Morgan fingerprint density at radius 2 is 1.85 bits per heavy atom. The lowest BCUT2D eigenvalue weighted by atomic mass is 10.1. The van der Waals surface area contributed by atoms with Crippen LogP contribution in [0.1, 0.15) is 23.5 Å². The largest absolute Gasteiger partial charge is 0.493 e. The van der Waals surface area contributed by atoms with Crippen molar-refractivity contribution in [1.82, 2.24) is 5.32 Å². The molecule has 2 atom stereocenters. The number of ether oxygens (including phenoxy) is 2. The fraction of sp³-hybridized carbons (Fsp3) is 0.316. The smallest absolute Gasteiger partial charge is 0.189 e. The van der Waals surface area contributed by atoms with Gasteiger partial charge in [-0.05, 0) is 41.8 Å². The monoisotopic (exact) mass is 531 g/mol. The Morgan fingerprint density at radius 1 is 1.15 bits per heavy atom. The highest BCUT2D eigenvalue weighted by atomic mass is 127. The predicted molar refractivity (Wildman–Crippen MR) is 119 cm³/mol. The number of nitrogens with zero attached hydrogens (tertiary/aromatic N) is 1. The fourth-order valence-electron chi connectivity index (χ4n) is 2.82. The number of nitrogens with one attached hydrogen (secondary N) is 1. The van der Waals surface area contributed by atoms with E-state index in [0.29, 0.717) is 36.0 Å². The van der Waals surface area contributed by atoms with Crippen LogP contribution in [0, 0.1) is 0 Å². The van der Waals surface area contributed by atoms with Crippen LogP contribution in [0.5, 0.6) is 11.5 Å². The van der Waals surface area contributed by atoms with E-state index in [1.807, 2.05) is 18.2 Å². The third-order valence-electron chi connectivity index (χ3n) is 4.30. The molecule has 1 aliphatic carbocycles. The second kappa shape index (κ2) is 9.45. The molecule has 0 saturated heterocycles. The molecule has 7 heteroatoms. The molecule has 3 N–H and O–H groups in total. The summed E-state index contributed by atoms with van der Waals surface area (Å²) in [6.45, 7) is 0.495. The topological polar surface area (TPSA) is 68.9 Å². The fourth-order valence-corrected chi connectivity index (χ4v) is 3.09. The van der Waals surface area contributed by atoms with Crippen molar-refractivity contribution in [2.24, 2.45) is 10.7 Å². The molecule has 3 rings (SSSR count). The molecule has 1 saturated carbocycles. The summed E-state index contributed by atoms with van der Waals surface area (Å²) < 4.78 is 11.6. The summed E-state index contributed by atoms with van der Waals surface area (Å²) >= 11 is 3.46. The number of rotatable bonds is 6. The van der Waals surface area contributed by atoms with Gasteiger partial charge in [-0.2, -0.15) is 0 Å². The van der Waals surface area contributed by atoms with Crippen molar-refractivity contribution in [3.8, 4) is 11.5 Å². The summed E-state index contributed by atoms with van der Waals surface area (Å²) in [5.74, 6) is 2.37. The minimum Gasteiger partial charge on any atom is -0.493 e. The summed E-state index contributed by atoms with van der Waals surface area (Å²) in [6, 6.07) is 14.5. The highest BCUT2D eigenvalue weighted by molar-refractivity contribution is 14.0. The van der Waals surface area contributed by atoms with Gasteiger partial charge < -0.3 is 20.5 Å². The number of benzene rings is 2. The quantitative estimate of drug-likeness (QED) is 0.335. The van der Waals surface area contributed by atoms with Gasteiger partial charge in [-0.1, -0.05) is 34.1 Å². The number of aliphatic imine (C=N–C) groups is 1. The van der Waals surface area contributed by atoms with Crippen molar-refractivity contribution in [3.05, 3.63) is 58.1 Å². The summed E-state index contributed by atoms with van der Waals surface area (Å²) in [4.78, 5) is 4.43. The Balaban J connectivity index is 0.00000243. The SMILES string of the molecule is COc1ccc(CN=C(N)NC2CC2c2ccc(Br)cc2)cc1OC.I. The number of methoxy groups -OCH3 is 2. The molecule has 0 aliphatic heterocycles. The summed E-state index contributed by atoms with van der Waals surface area (Å²) in [6.07, 6.45) is 1.08. The molecule has 2 aromatic rings. The van der Waals surface area contributed by atoms with E-state index in [1.165, 1.54) is 5.56 Å². The number of hydrogen-bond acceptors (Lipinski definition) is 3. The van der Waals surface area contributed by atoms with E-state index >= 15 is 0 Å². The molecule has 0 aromatic heterocycles. The van der Waals surface area contributed by atoms with E-state index in [1.54, 1.807) is 14.2 Å². The first-order valence-electron chi connectivity index (χ1n) is 8.13. The van der Waals surface area contributed by atoms with Crippen LogP contribution in [0.3, 0.4) is 0 Å². The van der Waals surface area contributed by atoms with Crippen LogP contribution >= 0.6 is 39.9 Å². The van der Waals surface area contributed by atoms with Crippen LogP contribution in [-0.2, 0) is 6.54 Å². The lowest BCUT2D eigenvalue weighted by molar-refractivity contribution is 0.354. The van der Waals surface area contributed by atoms with E-state index in [-0.39, 0.29) is 24.0 Å². The van der Waals surface area contributed by atoms with Crippen molar-refractivity contribution in [3.63, 3.8) is 0 Å². The van der Waals surface area contributed by atoms with E-state index in [0.717, 1.165) is 16.5 Å². The third kappa shape index (κ3) is 5.26. The van der Waals surface area contributed by atoms with Crippen LogP contribution in [-0.4, -0.2) is 26.2 Å². The van der Waals surface area contributed by atoms with Gasteiger partial charge in [-0.3, -0.25) is 0 Å². The van der Waals surface area contributed by atoms with E-state index < -0.39 is 0 Å². The highest BCUT2D eigenvalue weighted by Gasteiger charge is 2.38. The molecule has 0 radical (unpaired) electrons. The predicted octanol–water partition coefficient (Wildman–Crippen LogP) is 4.04. The molecule has 26 heavy (non-hydrogen) atoms. The van der Waals surface area contributed by atoms with Crippen molar-refractivity contribution < 1.29 is 9.47 Å². The van der Waals surface area contributed by atoms with Gasteiger partial charge in [0.05, 0.1) is 20.8 Å². The van der Waals surface area contributed by atoms with Crippen molar-refractivity contribution in [2.75, 3.05) is 14.2 Å². The first kappa shape index (κ1) is 20.8. The number of nitrogens with two attached hydrogens (primary N) is 1. The van der Waals surface area contributed by atoms with Gasteiger partial charge >= 0.3 is 0 Å². The molecule has 0 spiro atoms. The van der Waals surface area contributed by atoms with Crippen LogP contribution in [0.4, 0.5) is 0 Å². The maximum absolute atomic E-state index is 6.03. The molecule has 140 valence electrons. The highest BCUT2D eigenvalue weighted by Crippen LogP contribution is 2.40. The average molecular weight is 532 g/mol. The normalized spacial score (nSPS) is 18.7. The van der Waals surface area contributed by atoms with Gasteiger partial charge in [0, 0.05) is 16.4 Å². The second-order valence-corrected chi connectivity index (χ2v) is 6.95. The zero-order chi connectivity index (χ0) is 17.8. The van der Waals surface area contributed by atoms with Crippen LogP contribution in [0.2, 0.25) is 0 Å². The molecule has 1 fully saturated rings. The van der Waals surface area contributed by atoms with Crippen molar-refractivity contribution in [2.45, 2.75) is 24.9 Å². The van der Waals surface area contributed by atoms with Crippen molar-refractivity contribution >= 4 is 45.9 Å². The second-order valence-electron chi connectivity index (χ2n) is 6.04. The average Bonchev–Trinajstić information content (AvgIpc) is 3.39. The molecule has 1 aliphatic rings. The zero-order valence-corrected chi connectivity index (χ0v) is 18.7. The van der Waals surface area contributed by atoms with Crippen LogP contribution < -0.4 is 20.5 Å². The first-order valence-corrected chi connectivity index (χ1v) is 8.93. The maximum atomic E-state index is 6.03. The van der Waals surface area contributed by atoms with Gasteiger partial charge in [0.1, 0.15) is 0 Å². The van der Waals surface area contributed by atoms with Gasteiger partial charge in [-0.25, -0.2) is 4.99 Å². The van der Waals surface area contributed by atoms with Gasteiger partial charge in [0.15, 0.2) is 17.5 Å². The van der Waals surface area contributed by atoms with Crippen LogP contribution in [0.25, 0.3) is 0 Å². The molecule has 2 aromatic carbocycles. The summed E-state index contributed by atoms with van der Waals surface area (Å²) in [7, 11) is 3.24. The lowest BCUT2D eigenvalue weighted by Crippen LogP contribution is -2.34. The standard InChI is InChI=1S/C19H22BrN3O2.HI/c1-24-17-8-3-12(9-18(17)25-2)11-22-19(21)23-16-10-15(16)13-4-6-14(20)7-5-13;/h3-9,15-16H,10-11H2,1-2H3,(H3,21,22,23);1H. The minimum atomic E-state index is 0. The number of guanidine groups is 1. The third-order valence-corrected chi connectivity index (χ3v) is 4.83. The van der Waals surface area contributed by atoms with Gasteiger partial charge in [0.25, 0.3) is 0 Å². The molecule has 2 unspecified atom stereocenters. The molecule has 0 heterocycles. The van der Waals surface area contributed by atoms with Crippen LogP contribution in [0.15, 0.2) is 51.9 Å². The van der Waals surface area contributed by atoms with E-state index in [9.17, 15) is 0 Å². The first-order chi connectivity index (χ1) is 12.1. The summed E-state index contributed by atoms with van der Waals surface area (Å²) in [5, 5.41) is 3.30. The van der Waals surface area contributed by atoms with E-state index in [4.69, 9.17) is 15.2 Å². The van der Waals surface area contributed by atoms with Gasteiger partial charge in [-0.15, -0.1) is 24.0 Å². The minimum absolute atomic E-state index is 0.